The first kappa shape index (κ1) is 16.7. The first-order chi connectivity index (χ1) is 5.31. The molecule has 0 atom stereocenters. The van der Waals surface area contributed by atoms with Crippen LogP contribution in [0.5, 0.6) is 0 Å². The molecule has 0 heterocycles. The summed E-state index contributed by atoms with van der Waals surface area (Å²) in [5, 5.41) is 19.4. The quantitative estimate of drug-likeness (QED) is 0.697. The van der Waals surface area contributed by atoms with Crippen molar-refractivity contribution in [1.82, 2.24) is 0 Å². The van der Waals surface area contributed by atoms with E-state index in [1.54, 1.807) is 0 Å². The van der Waals surface area contributed by atoms with Gasteiger partial charge in [-0.3, -0.25) is 0 Å². The predicted octanol–water partition coefficient (Wildman–Crippen LogP) is 0.987. The highest BCUT2D eigenvalue weighted by Gasteiger charge is 2.35. The molecule has 1 fully saturated rings. The van der Waals surface area contributed by atoms with Crippen LogP contribution < -0.4 is 0 Å². The highest BCUT2D eigenvalue weighted by molar-refractivity contribution is 7.59. The highest BCUT2D eigenvalue weighted by atomic mass is 32.1. The molecule has 1 saturated carbocycles. The molecule has 3 nitrogen and oxygen atoms in total. The molecule has 0 radical (unpaired) electrons. The van der Waals surface area contributed by atoms with E-state index in [0.717, 1.165) is 25.7 Å². The summed E-state index contributed by atoms with van der Waals surface area (Å²) in [5.74, 6) is 0.359. The molecule has 1 aliphatic rings. The lowest BCUT2D eigenvalue weighted by molar-refractivity contribution is -0.0509. The van der Waals surface area contributed by atoms with Crippen LogP contribution in [-0.4, -0.2) is 26.9 Å². The Kier molecular flexibility index (Phi) is 6.36. The lowest BCUT2D eigenvalue weighted by atomic mass is 9.73. The van der Waals surface area contributed by atoms with Gasteiger partial charge in [0.15, 0.2) is 0 Å². The molecule has 1 aliphatic carbocycles. The molecular weight excluding hydrogens is 200 g/mol. The number of hydrogen-bond acceptors (Lipinski definition) is 2. The van der Waals surface area contributed by atoms with E-state index in [2.05, 4.69) is 0 Å². The topological polar surface area (TPSA) is 72.0 Å². The van der Waals surface area contributed by atoms with Gasteiger partial charge in [-0.1, -0.05) is 0 Å². The lowest BCUT2D eigenvalue weighted by Crippen LogP contribution is -2.39. The van der Waals surface area contributed by atoms with E-state index in [-0.39, 0.29) is 19.0 Å². The van der Waals surface area contributed by atoms with Crippen molar-refractivity contribution >= 4 is 13.5 Å². The molecule has 0 spiro atoms. The van der Waals surface area contributed by atoms with E-state index in [1.807, 2.05) is 20.8 Å². The standard InChI is InChI=1S/C10H20O2.H2O.H2S/c1-9(2,11)8-4-6-10(3,12)7-5-8;;/h8,11-12H,4-7H2,1-3H3;2*1H2/t8-,10+;;. The van der Waals surface area contributed by atoms with Gasteiger partial charge in [-0.2, -0.15) is 13.5 Å². The van der Waals surface area contributed by atoms with Crippen molar-refractivity contribution in [3.63, 3.8) is 0 Å². The fourth-order valence-corrected chi connectivity index (χ4v) is 1.95. The molecule has 4 N–H and O–H groups in total. The summed E-state index contributed by atoms with van der Waals surface area (Å²) in [7, 11) is 0. The van der Waals surface area contributed by atoms with Gasteiger partial charge in [0, 0.05) is 0 Å². The fraction of sp³-hybridized carbons (Fsp3) is 1.00. The Morgan fingerprint density at radius 1 is 1.21 bits per heavy atom. The van der Waals surface area contributed by atoms with Crippen LogP contribution in [0.4, 0.5) is 0 Å². The first-order valence-electron chi connectivity index (χ1n) is 4.76. The molecule has 0 amide bonds. The molecule has 0 aromatic heterocycles. The minimum atomic E-state index is -0.573. The predicted molar refractivity (Wildman–Crippen MR) is 62.9 cm³/mol. The Hall–Kier alpha value is 0.230. The first-order valence-corrected chi connectivity index (χ1v) is 4.76. The molecule has 0 unspecified atom stereocenters. The smallest absolute Gasteiger partial charge is 0.0620 e. The van der Waals surface area contributed by atoms with E-state index in [1.165, 1.54) is 0 Å². The average Bonchev–Trinajstić information content (AvgIpc) is 1.83. The van der Waals surface area contributed by atoms with Crippen molar-refractivity contribution in [2.75, 3.05) is 0 Å². The second kappa shape index (κ2) is 5.35. The van der Waals surface area contributed by atoms with Gasteiger partial charge < -0.3 is 15.7 Å². The van der Waals surface area contributed by atoms with Crippen LogP contribution in [0.3, 0.4) is 0 Å². The highest BCUT2D eigenvalue weighted by Crippen LogP contribution is 2.36. The summed E-state index contributed by atoms with van der Waals surface area (Å²) in [4.78, 5) is 0. The van der Waals surface area contributed by atoms with Gasteiger partial charge in [0.05, 0.1) is 11.2 Å². The van der Waals surface area contributed by atoms with Crippen molar-refractivity contribution in [2.24, 2.45) is 5.92 Å². The molecule has 0 aliphatic heterocycles. The van der Waals surface area contributed by atoms with Crippen LogP contribution >= 0.6 is 13.5 Å². The van der Waals surface area contributed by atoms with E-state index >= 15 is 0 Å². The second-order valence-electron chi connectivity index (χ2n) is 4.92. The summed E-state index contributed by atoms with van der Waals surface area (Å²) < 4.78 is 0. The molecule has 0 bridgehead atoms. The van der Waals surface area contributed by atoms with Crippen molar-refractivity contribution in [3.8, 4) is 0 Å². The zero-order chi connectivity index (χ0) is 9.41. The Morgan fingerprint density at radius 3 is 1.86 bits per heavy atom. The molecule has 0 saturated heterocycles. The van der Waals surface area contributed by atoms with Crippen molar-refractivity contribution in [2.45, 2.75) is 57.7 Å². The van der Waals surface area contributed by atoms with Crippen LogP contribution in [0.1, 0.15) is 46.5 Å². The summed E-state index contributed by atoms with van der Waals surface area (Å²) in [6.07, 6.45) is 3.52. The number of hydrogen-bond donors (Lipinski definition) is 2. The Labute approximate surface area is 93.3 Å². The van der Waals surface area contributed by atoms with Crippen LogP contribution in [-0.2, 0) is 0 Å². The van der Waals surface area contributed by atoms with E-state index < -0.39 is 11.2 Å². The maximum absolute atomic E-state index is 9.73. The Bertz CT molecular complexity index is 153. The van der Waals surface area contributed by atoms with Gasteiger partial charge >= 0.3 is 0 Å². The van der Waals surface area contributed by atoms with Crippen molar-refractivity contribution in [3.05, 3.63) is 0 Å². The van der Waals surface area contributed by atoms with Gasteiger partial charge in [0.25, 0.3) is 0 Å². The zero-order valence-electron chi connectivity index (χ0n) is 9.30. The minimum absolute atomic E-state index is 0. The van der Waals surface area contributed by atoms with E-state index in [0.29, 0.717) is 5.92 Å². The van der Waals surface area contributed by atoms with Gasteiger partial charge in [-0.15, -0.1) is 0 Å². The third-order valence-electron chi connectivity index (χ3n) is 3.06. The van der Waals surface area contributed by atoms with Crippen LogP contribution in [0, 0.1) is 5.92 Å². The van der Waals surface area contributed by atoms with Crippen LogP contribution in [0.15, 0.2) is 0 Å². The van der Waals surface area contributed by atoms with Crippen molar-refractivity contribution in [1.29, 1.82) is 0 Å². The molecule has 4 heteroatoms. The summed E-state index contributed by atoms with van der Waals surface area (Å²) in [6, 6.07) is 0. The van der Waals surface area contributed by atoms with Gasteiger partial charge in [0.1, 0.15) is 0 Å². The largest absolute Gasteiger partial charge is 0.412 e. The summed E-state index contributed by atoms with van der Waals surface area (Å²) in [6.45, 7) is 5.60. The molecule has 0 aromatic carbocycles. The maximum atomic E-state index is 9.73. The monoisotopic (exact) mass is 224 g/mol. The number of rotatable bonds is 1. The SMILES string of the molecule is CC(C)(O)[C@H]1CC[C@@](C)(O)CC1.O.S. The average molecular weight is 224 g/mol. The van der Waals surface area contributed by atoms with Crippen LogP contribution in [0.25, 0.3) is 0 Å². The van der Waals surface area contributed by atoms with E-state index in [9.17, 15) is 10.2 Å². The zero-order valence-corrected chi connectivity index (χ0v) is 10.3. The second-order valence-corrected chi connectivity index (χ2v) is 4.92. The van der Waals surface area contributed by atoms with Crippen LogP contribution in [0.2, 0.25) is 0 Å². The Morgan fingerprint density at radius 2 is 1.57 bits per heavy atom. The third-order valence-corrected chi connectivity index (χ3v) is 3.06. The van der Waals surface area contributed by atoms with E-state index in [4.69, 9.17) is 0 Å². The molecule has 14 heavy (non-hydrogen) atoms. The minimum Gasteiger partial charge on any atom is -0.412 e. The third kappa shape index (κ3) is 4.64. The molecule has 88 valence electrons. The summed E-state index contributed by atoms with van der Waals surface area (Å²) in [5.41, 5.74) is -1.06. The van der Waals surface area contributed by atoms with Crippen molar-refractivity contribution < 1.29 is 15.7 Å². The lowest BCUT2D eigenvalue weighted by Gasteiger charge is -2.38. The van der Waals surface area contributed by atoms with Gasteiger partial charge in [-0.05, 0) is 52.4 Å². The summed E-state index contributed by atoms with van der Waals surface area (Å²) >= 11 is 0. The molecule has 1 rings (SSSR count). The van der Waals surface area contributed by atoms with Gasteiger partial charge in [-0.25, -0.2) is 0 Å². The maximum Gasteiger partial charge on any atom is 0.0620 e. The normalized spacial score (nSPS) is 32.8. The number of aliphatic hydroxyl groups is 2. The Balaban J connectivity index is 0. The molecular formula is C10H24O3S. The molecule has 0 aromatic rings. The fourth-order valence-electron chi connectivity index (χ4n) is 1.95. The van der Waals surface area contributed by atoms with Gasteiger partial charge in [0.2, 0.25) is 0 Å².